The van der Waals surface area contributed by atoms with Crippen molar-refractivity contribution in [3.05, 3.63) is 94.3 Å². The third-order valence-electron chi connectivity index (χ3n) is 5.25. The summed E-state index contributed by atoms with van der Waals surface area (Å²) in [5.41, 5.74) is 15.3. The van der Waals surface area contributed by atoms with Crippen LogP contribution in [-0.2, 0) is 13.0 Å². The number of benzene rings is 3. The van der Waals surface area contributed by atoms with E-state index < -0.39 is 0 Å². The van der Waals surface area contributed by atoms with Crippen molar-refractivity contribution in [2.45, 2.75) is 33.7 Å². The normalized spacial score (nSPS) is 11.2. The smallest absolute Gasteiger partial charge is 0.114 e. The minimum Gasteiger partial charge on any atom is -0.399 e. The van der Waals surface area contributed by atoms with Gasteiger partial charge in [-0.3, -0.25) is 0 Å². The zero-order valence-corrected chi connectivity index (χ0v) is 16.2. The van der Waals surface area contributed by atoms with Gasteiger partial charge in [0.2, 0.25) is 0 Å². The zero-order chi connectivity index (χ0) is 19.0. The molecule has 0 bridgehead atoms. The first-order valence-electron chi connectivity index (χ1n) is 9.36. The summed E-state index contributed by atoms with van der Waals surface area (Å²) in [7, 11) is 0. The molecule has 2 N–H and O–H groups in total. The molecule has 0 atom stereocenters. The van der Waals surface area contributed by atoms with Crippen LogP contribution in [0.3, 0.4) is 0 Å². The first-order chi connectivity index (χ1) is 13.0. The van der Waals surface area contributed by atoms with Gasteiger partial charge in [0.1, 0.15) is 5.82 Å². The van der Waals surface area contributed by atoms with Gasteiger partial charge in [0, 0.05) is 18.7 Å². The van der Waals surface area contributed by atoms with Crippen molar-refractivity contribution in [1.29, 1.82) is 0 Å². The quantitative estimate of drug-likeness (QED) is 0.512. The minimum atomic E-state index is 0.790. The van der Waals surface area contributed by atoms with Crippen molar-refractivity contribution in [2.75, 3.05) is 5.73 Å². The van der Waals surface area contributed by atoms with Crippen molar-refractivity contribution in [1.82, 2.24) is 9.55 Å². The molecule has 4 rings (SSSR count). The summed E-state index contributed by atoms with van der Waals surface area (Å²) in [4.78, 5) is 4.98. The van der Waals surface area contributed by atoms with E-state index in [4.69, 9.17) is 10.7 Å². The maximum Gasteiger partial charge on any atom is 0.114 e. The second kappa shape index (κ2) is 6.92. The average molecular weight is 355 g/mol. The molecule has 3 aromatic carbocycles. The Morgan fingerprint density at radius 3 is 2.15 bits per heavy atom. The molecule has 0 aliphatic carbocycles. The number of nitrogen functional groups attached to an aromatic ring is 1. The fraction of sp³-hybridized carbons (Fsp3) is 0.208. The molecule has 1 heterocycles. The Labute approximate surface area is 160 Å². The van der Waals surface area contributed by atoms with E-state index in [1.54, 1.807) is 0 Å². The molecule has 1 aromatic heterocycles. The number of fused-ring (bicyclic) bond motifs is 1. The van der Waals surface area contributed by atoms with Gasteiger partial charge < -0.3 is 10.3 Å². The number of rotatable bonds is 4. The second-order valence-electron chi connectivity index (χ2n) is 7.44. The Morgan fingerprint density at radius 2 is 1.44 bits per heavy atom. The van der Waals surface area contributed by atoms with E-state index in [1.807, 2.05) is 12.1 Å². The molecule has 4 aromatic rings. The molecule has 0 saturated heterocycles. The molecule has 0 amide bonds. The number of anilines is 1. The number of nitrogens with two attached hydrogens (primary N) is 1. The van der Waals surface area contributed by atoms with E-state index in [9.17, 15) is 0 Å². The molecule has 3 nitrogen and oxygen atoms in total. The number of imidazole rings is 1. The Kier molecular flexibility index (Phi) is 4.44. The van der Waals surface area contributed by atoms with Gasteiger partial charge in [0.05, 0.1) is 11.0 Å². The zero-order valence-electron chi connectivity index (χ0n) is 16.2. The van der Waals surface area contributed by atoms with Crippen molar-refractivity contribution in [3.63, 3.8) is 0 Å². The second-order valence-corrected chi connectivity index (χ2v) is 7.44. The lowest BCUT2D eigenvalue weighted by molar-refractivity contribution is 0.762. The van der Waals surface area contributed by atoms with Crippen LogP contribution in [0.1, 0.15) is 33.6 Å². The van der Waals surface area contributed by atoms with Crippen LogP contribution < -0.4 is 5.73 Å². The average Bonchev–Trinajstić information content (AvgIpc) is 2.96. The molecule has 0 radical (unpaired) electrons. The maximum atomic E-state index is 5.84. The summed E-state index contributed by atoms with van der Waals surface area (Å²) in [5.74, 6) is 1.08. The van der Waals surface area contributed by atoms with Gasteiger partial charge in [-0.05, 0) is 67.3 Å². The van der Waals surface area contributed by atoms with Crippen LogP contribution in [-0.4, -0.2) is 9.55 Å². The van der Waals surface area contributed by atoms with Crippen molar-refractivity contribution >= 4 is 16.7 Å². The number of nitrogens with zero attached hydrogens (tertiary/aromatic N) is 2. The van der Waals surface area contributed by atoms with E-state index >= 15 is 0 Å². The SMILES string of the molecule is Cc1ccc(Cn2c(Cc3ccc(N)cc3)nc3cc(C)c(C)cc32)cc1. The number of hydrogen-bond donors (Lipinski definition) is 1. The third kappa shape index (κ3) is 3.59. The highest BCUT2D eigenvalue weighted by Crippen LogP contribution is 2.24. The first kappa shape index (κ1) is 17.3. The maximum absolute atomic E-state index is 5.84. The van der Waals surface area contributed by atoms with Crippen molar-refractivity contribution in [2.24, 2.45) is 0 Å². The summed E-state index contributed by atoms with van der Waals surface area (Å²) in [5, 5.41) is 0. The fourth-order valence-electron chi connectivity index (χ4n) is 3.44. The van der Waals surface area contributed by atoms with Gasteiger partial charge in [0.25, 0.3) is 0 Å². The summed E-state index contributed by atoms with van der Waals surface area (Å²) in [6.07, 6.45) is 0.791. The highest BCUT2D eigenvalue weighted by Gasteiger charge is 2.13. The lowest BCUT2D eigenvalue weighted by Gasteiger charge is -2.11. The van der Waals surface area contributed by atoms with Gasteiger partial charge in [-0.2, -0.15) is 0 Å². The predicted molar refractivity (Wildman–Crippen MR) is 113 cm³/mol. The van der Waals surface area contributed by atoms with Crippen LogP contribution in [0.2, 0.25) is 0 Å². The molecule has 0 fully saturated rings. The monoisotopic (exact) mass is 355 g/mol. The Bertz CT molecular complexity index is 1090. The molecule has 0 aliphatic rings. The van der Waals surface area contributed by atoms with Gasteiger partial charge >= 0.3 is 0 Å². The van der Waals surface area contributed by atoms with Crippen LogP contribution in [0.4, 0.5) is 5.69 Å². The van der Waals surface area contributed by atoms with Crippen LogP contribution in [0.25, 0.3) is 11.0 Å². The number of aryl methyl sites for hydroxylation is 3. The number of hydrogen-bond acceptors (Lipinski definition) is 2. The van der Waals surface area contributed by atoms with Gasteiger partial charge in [-0.1, -0.05) is 42.0 Å². The molecule has 27 heavy (non-hydrogen) atoms. The lowest BCUT2D eigenvalue weighted by Crippen LogP contribution is -2.06. The van der Waals surface area contributed by atoms with E-state index in [0.29, 0.717) is 0 Å². The highest BCUT2D eigenvalue weighted by molar-refractivity contribution is 5.78. The summed E-state index contributed by atoms with van der Waals surface area (Å²) < 4.78 is 2.35. The van der Waals surface area contributed by atoms with Crippen LogP contribution in [0, 0.1) is 20.8 Å². The predicted octanol–water partition coefficient (Wildman–Crippen LogP) is 5.18. The molecule has 0 aliphatic heterocycles. The van der Waals surface area contributed by atoms with Gasteiger partial charge in [-0.15, -0.1) is 0 Å². The van der Waals surface area contributed by atoms with Crippen LogP contribution in [0.15, 0.2) is 60.7 Å². The highest BCUT2D eigenvalue weighted by atomic mass is 15.1. The van der Waals surface area contributed by atoms with Crippen LogP contribution in [0.5, 0.6) is 0 Å². The Morgan fingerprint density at radius 1 is 0.815 bits per heavy atom. The standard InChI is InChI=1S/C24H25N3/c1-16-4-6-20(7-5-16)15-27-23-13-18(3)17(2)12-22(23)26-24(27)14-19-8-10-21(25)11-9-19/h4-13H,14-15,25H2,1-3H3. The van der Waals surface area contributed by atoms with E-state index in [1.165, 1.54) is 33.3 Å². The van der Waals surface area contributed by atoms with Crippen molar-refractivity contribution < 1.29 is 0 Å². The Balaban J connectivity index is 1.80. The molecular weight excluding hydrogens is 330 g/mol. The third-order valence-corrected chi connectivity index (χ3v) is 5.25. The first-order valence-corrected chi connectivity index (χ1v) is 9.36. The van der Waals surface area contributed by atoms with Crippen LogP contribution >= 0.6 is 0 Å². The molecule has 0 saturated carbocycles. The topological polar surface area (TPSA) is 43.8 Å². The molecule has 3 heteroatoms. The summed E-state index contributed by atoms with van der Waals surface area (Å²) in [6, 6.07) is 21.3. The molecule has 0 spiro atoms. The minimum absolute atomic E-state index is 0.790. The van der Waals surface area contributed by atoms with E-state index in [0.717, 1.165) is 30.0 Å². The van der Waals surface area contributed by atoms with E-state index in [2.05, 4.69) is 73.9 Å². The molecular formula is C24H25N3. The van der Waals surface area contributed by atoms with Gasteiger partial charge in [-0.25, -0.2) is 4.98 Å². The Hall–Kier alpha value is -3.07. The lowest BCUT2D eigenvalue weighted by atomic mass is 10.1. The van der Waals surface area contributed by atoms with Crippen molar-refractivity contribution in [3.8, 4) is 0 Å². The summed E-state index contributed by atoms with van der Waals surface area (Å²) in [6.45, 7) is 7.25. The van der Waals surface area contributed by atoms with E-state index in [-0.39, 0.29) is 0 Å². The molecule has 0 unspecified atom stereocenters. The molecule has 136 valence electrons. The number of aromatic nitrogens is 2. The fourth-order valence-corrected chi connectivity index (χ4v) is 3.44. The van der Waals surface area contributed by atoms with Gasteiger partial charge in [0.15, 0.2) is 0 Å². The summed E-state index contributed by atoms with van der Waals surface area (Å²) >= 11 is 0. The largest absolute Gasteiger partial charge is 0.399 e.